The molecule has 2 aromatic heterocycles. The van der Waals surface area contributed by atoms with Gasteiger partial charge in [-0.25, -0.2) is 13.1 Å². The minimum Gasteiger partial charge on any atom is -0.489 e. The molecule has 0 fully saturated rings. The molecule has 0 aliphatic heterocycles. The van der Waals surface area contributed by atoms with E-state index < -0.39 is 10.0 Å². The summed E-state index contributed by atoms with van der Waals surface area (Å²) in [5.74, 6) is 0.759. The third-order valence-corrected chi connectivity index (χ3v) is 7.22. The lowest BCUT2D eigenvalue weighted by molar-refractivity contribution is 0.307. The van der Waals surface area contributed by atoms with Crippen molar-refractivity contribution >= 4 is 26.8 Å². The number of hydrogen-bond donors (Lipinski definition) is 1. The zero-order chi connectivity index (χ0) is 25.1. The molecule has 0 saturated carbocycles. The van der Waals surface area contributed by atoms with Gasteiger partial charge < -0.3 is 9.26 Å². The van der Waals surface area contributed by atoms with Gasteiger partial charge in [-0.1, -0.05) is 60.6 Å². The minimum atomic E-state index is -3.88. The lowest BCUT2D eigenvalue weighted by Gasteiger charge is -2.13. The molecule has 7 nitrogen and oxygen atoms in total. The molecular weight excluding hydrogens is 474 g/mol. The first-order valence-electron chi connectivity index (χ1n) is 11.6. The molecule has 182 valence electrons. The van der Waals surface area contributed by atoms with Crippen molar-refractivity contribution in [2.45, 2.75) is 31.8 Å². The van der Waals surface area contributed by atoms with Crippen molar-refractivity contribution in [3.05, 3.63) is 102 Å². The molecule has 0 radical (unpaired) electrons. The molecule has 0 aliphatic carbocycles. The second-order valence-electron chi connectivity index (χ2n) is 8.39. The molecule has 0 amide bonds. The van der Waals surface area contributed by atoms with Crippen molar-refractivity contribution in [2.75, 3.05) is 4.72 Å². The predicted molar refractivity (Wildman–Crippen MR) is 139 cm³/mol. The Bertz CT molecular complexity index is 1630. The fraction of sp³-hybridized carbons (Fsp3) is 0.143. The van der Waals surface area contributed by atoms with Gasteiger partial charge in [0.2, 0.25) is 5.88 Å². The zero-order valence-electron chi connectivity index (χ0n) is 19.9. The Kier molecular flexibility index (Phi) is 6.43. The van der Waals surface area contributed by atoms with Crippen LogP contribution in [0.4, 0.5) is 5.88 Å². The summed E-state index contributed by atoms with van der Waals surface area (Å²) in [4.78, 5) is 4.83. The van der Waals surface area contributed by atoms with Crippen molar-refractivity contribution in [3.8, 4) is 16.9 Å². The quantitative estimate of drug-likeness (QED) is 0.276. The van der Waals surface area contributed by atoms with Crippen molar-refractivity contribution in [2.24, 2.45) is 0 Å². The molecule has 36 heavy (non-hydrogen) atoms. The van der Waals surface area contributed by atoms with Crippen LogP contribution in [0.15, 0.2) is 94.3 Å². The van der Waals surface area contributed by atoms with Gasteiger partial charge in [0.05, 0.1) is 16.1 Å². The number of para-hydroxylation sites is 1. The summed E-state index contributed by atoms with van der Waals surface area (Å²) >= 11 is 0. The number of rotatable bonds is 8. The Labute approximate surface area is 209 Å². The second-order valence-corrected chi connectivity index (χ2v) is 10.0. The fourth-order valence-corrected chi connectivity index (χ4v) is 5.24. The number of nitrogens with zero attached hydrogens (tertiary/aromatic N) is 2. The van der Waals surface area contributed by atoms with Gasteiger partial charge in [-0.05, 0) is 49.2 Å². The number of aryl methyl sites for hydroxylation is 2. The van der Waals surface area contributed by atoms with Gasteiger partial charge in [-0.2, -0.15) is 0 Å². The molecule has 0 bridgehead atoms. The molecule has 0 saturated heterocycles. The Morgan fingerprint density at radius 1 is 0.944 bits per heavy atom. The third-order valence-electron chi connectivity index (χ3n) is 5.82. The molecular formula is C28H25N3O4S. The fourth-order valence-electron chi connectivity index (χ4n) is 4.04. The van der Waals surface area contributed by atoms with Crippen LogP contribution in [0, 0.1) is 6.92 Å². The highest BCUT2D eigenvalue weighted by Gasteiger charge is 2.21. The van der Waals surface area contributed by atoms with Crippen molar-refractivity contribution in [1.82, 2.24) is 10.1 Å². The van der Waals surface area contributed by atoms with Crippen molar-refractivity contribution in [1.29, 1.82) is 0 Å². The molecule has 3 aromatic carbocycles. The largest absolute Gasteiger partial charge is 0.489 e. The van der Waals surface area contributed by atoms with Crippen LogP contribution < -0.4 is 9.46 Å². The summed E-state index contributed by atoms with van der Waals surface area (Å²) in [7, 11) is -3.88. The van der Waals surface area contributed by atoms with Crippen LogP contribution in [0.5, 0.6) is 5.75 Å². The van der Waals surface area contributed by atoms with Crippen LogP contribution in [0.2, 0.25) is 0 Å². The van der Waals surface area contributed by atoms with Crippen LogP contribution in [0.3, 0.4) is 0 Å². The first-order valence-corrected chi connectivity index (χ1v) is 13.1. The van der Waals surface area contributed by atoms with E-state index >= 15 is 0 Å². The van der Waals surface area contributed by atoms with Gasteiger partial charge in [-0.3, -0.25) is 4.98 Å². The molecule has 5 aromatic rings. The maximum Gasteiger partial charge on any atom is 0.264 e. The van der Waals surface area contributed by atoms with Crippen LogP contribution in [0.1, 0.15) is 23.9 Å². The summed E-state index contributed by atoms with van der Waals surface area (Å²) in [5.41, 5.74) is 4.96. The number of benzene rings is 3. The van der Waals surface area contributed by atoms with Crippen LogP contribution in [-0.2, 0) is 23.1 Å². The molecule has 0 spiro atoms. The Hall–Kier alpha value is -4.17. The first-order chi connectivity index (χ1) is 17.4. The molecule has 0 atom stereocenters. The molecule has 0 unspecified atom stereocenters. The number of ether oxygens (including phenoxy) is 1. The highest BCUT2D eigenvalue weighted by Crippen LogP contribution is 2.30. The van der Waals surface area contributed by atoms with Gasteiger partial charge in [0.1, 0.15) is 12.4 Å². The van der Waals surface area contributed by atoms with E-state index in [1.807, 2.05) is 42.5 Å². The molecule has 5 rings (SSSR count). The zero-order valence-corrected chi connectivity index (χ0v) is 20.7. The van der Waals surface area contributed by atoms with E-state index in [0.717, 1.165) is 34.1 Å². The van der Waals surface area contributed by atoms with Gasteiger partial charge >= 0.3 is 0 Å². The van der Waals surface area contributed by atoms with Gasteiger partial charge in [-0.15, -0.1) is 0 Å². The molecule has 0 aliphatic rings. The number of anilines is 1. The Morgan fingerprint density at radius 3 is 2.44 bits per heavy atom. The van der Waals surface area contributed by atoms with Gasteiger partial charge in [0.15, 0.2) is 0 Å². The highest BCUT2D eigenvalue weighted by molar-refractivity contribution is 7.92. The number of nitrogens with one attached hydrogen (secondary N) is 1. The number of fused-ring (bicyclic) bond motifs is 1. The Morgan fingerprint density at radius 2 is 1.69 bits per heavy atom. The van der Waals surface area contributed by atoms with E-state index in [4.69, 9.17) is 14.2 Å². The highest BCUT2D eigenvalue weighted by atomic mass is 32.2. The summed E-state index contributed by atoms with van der Waals surface area (Å²) in [5, 5.41) is 4.80. The van der Waals surface area contributed by atoms with Crippen LogP contribution >= 0.6 is 0 Å². The molecule has 8 heteroatoms. The average Bonchev–Trinajstić information content (AvgIpc) is 3.31. The predicted octanol–water partition coefficient (Wildman–Crippen LogP) is 6.14. The van der Waals surface area contributed by atoms with E-state index in [1.165, 1.54) is 6.07 Å². The maximum atomic E-state index is 13.1. The summed E-state index contributed by atoms with van der Waals surface area (Å²) < 4.78 is 39.7. The third kappa shape index (κ3) is 4.94. The Balaban J connectivity index is 1.37. The van der Waals surface area contributed by atoms with E-state index in [-0.39, 0.29) is 10.8 Å². The molecule has 2 heterocycles. The number of hydrogen-bond acceptors (Lipinski definition) is 6. The SMILES string of the molecule is CCc1cc(COc2ccc(-c3ccccc3S(=O)(=O)Nc3cc(C)no3)cc2)c2ccccc2n1. The van der Waals surface area contributed by atoms with E-state index in [1.54, 1.807) is 31.2 Å². The van der Waals surface area contributed by atoms with E-state index in [2.05, 4.69) is 28.9 Å². The number of sulfonamides is 1. The lowest BCUT2D eigenvalue weighted by Crippen LogP contribution is -2.13. The molecule has 1 N–H and O–H groups in total. The van der Waals surface area contributed by atoms with E-state index in [0.29, 0.717) is 23.6 Å². The number of pyridine rings is 1. The summed E-state index contributed by atoms with van der Waals surface area (Å²) in [6.45, 7) is 4.21. The van der Waals surface area contributed by atoms with Gasteiger partial charge in [0.25, 0.3) is 10.0 Å². The average molecular weight is 500 g/mol. The van der Waals surface area contributed by atoms with Crippen LogP contribution in [-0.4, -0.2) is 18.6 Å². The summed E-state index contributed by atoms with van der Waals surface area (Å²) in [6.07, 6.45) is 0.847. The lowest BCUT2D eigenvalue weighted by atomic mass is 10.1. The van der Waals surface area contributed by atoms with Crippen molar-refractivity contribution in [3.63, 3.8) is 0 Å². The van der Waals surface area contributed by atoms with E-state index in [9.17, 15) is 8.42 Å². The normalized spacial score (nSPS) is 11.5. The standard InChI is InChI=1S/C28H25N3O4S/c1-3-22-17-21(24-8-4-6-10-26(24)29-22)18-34-23-14-12-20(13-15-23)25-9-5-7-11-27(25)36(32,33)31-28-16-19(2)30-35-28/h4-17,31H,3,18H2,1-2H3. The number of aromatic nitrogens is 2. The van der Waals surface area contributed by atoms with Crippen molar-refractivity contribution < 1.29 is 17.7 Å². The monoisotopic (exact) mass is 499 g/mol. The minimum absolute atomic E-state index is 0.0703. The van der Waals surface area contributed by atoms with Crippen LogP contribution in [0.25, 0.3) is 22.0 Å². The topological polar surface area (TPSA) is 94.3 Å². The first kappa shape index (κ1) is 23.6. The maximum absolute atomic E-state index is 13.1. The van der Waals surface area contributed by atoms with Gasteiger partial charge in [0, 0.05) is 28.3 Å². The second kappa shape index (κ2) is 9.83. The summed E-state index contributed by atoms with van der Waals surface area (Å²) in [6, 6.07) is 25.9. The smallest absolute Gasteiger partial charge is 0.264 e.